The molecule has 2 heteroatoms. The summed E-state index contributed by atoms with van der Waals surface area (Å²) in [5.74, 6) is 0. The maximum absolute atomic E-state index is 6.52. The van der Waals surface area contributed by atoms with E-state index in [4.69, 9.17) is 4.42 Å². The molecule has 2 nitrogen and oxygen atoms in total. The third-order valence-electron chi connectivity index (χ3n) is 12.1. The van der Waals surface area contributed by atoms with Gasteiger partial charge in [-0.25, -0.2) is 0 Å². The number of anilines is 3. The van der Waals surface area contributed by atoms with Crippen molar-refractivity contribution in [1.82, 2.24) is 0 Å². The van der Waals surface area contributed by atoms with Crippen LogP contribution in [-0.2, 0) is 5.41 Å². The Hall–Kier alpha value is -7.16. The SMILES string of the molecule is CC1(C)c2ccccc2-c2cccc(-c3ccc(N(c4ccc(-c5ccccc5)cc4)c4ccccc4-c4ccc5oc6c7ccccc7ccc6c5c4)cc3)c21. The largest absolute Gasteiger partial charge is 0.455 e. The molecule has 57 heavy (non-hydrogen) atoms. The molecule has 11 rings (SSSR count). The van der Waals surface area contributed by atoms with E-state index in [0.717, 1.165) is 55.5 Å². The molecular weight excluding hydrogens is 691 g/mol. The summed E-state index contributed by atoms with van der Waals surface area (Å²) in [5, 5.41) is 4.56. The molecule has 0 spiro atoms. The molecule has 0 saturated heterocycles. The minimum absolute atomic E-state index is 0.0961. The molecule has 0 bridgehead atoms. The van der Waals surface area contributed by atoms with Crippen molar-refractivity contribution in [2.75, 3.05) is 4.90 Å². The first-order chi connectivity index (χ1) is 28.0. The molecule has 0 radical (unpaired) electrons. The summed E-state index contributed by atoms with van der Waals surface area (Å²) in [7, 11) is 0. The van der Waals surface area contributed by atoms with Gasteiger partial charge in [0.1, 0.15) is 11.2 Å². The van der Waals surface area contributed by atoms with Crippen LogP contribution in [0.2, 0.25) is 0 Å². The molecule has 0 fully saturated rings. The van der Waals surface area contributed by atoms with Gasteiger partial charge in [0.05, 0.1) is 5.69 Å². The molecule has 1 heterocycles. The molecule has 1 aliphatic rings. The molecule has 0 amide bonds. The molecule has 1 aromatic heterocycles. The van der Waals surface area contributed by atoms with Crippen molar-refractivity contribution in [2.24, 2.45) is 0 Å². The molecule has 0 unspecified atom stereocenters. The van der Waals surface area contributed by atoms with E-state index in [1.807, 2.05) is 0 Å². The Bertz CT molecular complexity index is 3130. The van der Waals surface area contributed by atoms with Crippen LogP contribution < -0.4 is 4.90 Å². The number of benzene rings is 9. The number of para-hydroxylation sites is 1. The lowest BCUT2D eigenvalue weighted by Crippen LogP contribution is -2.16. The van der Waals surface area contributed by atoms with Gasteiger partial charge in [0, 0.05) is 38.5 Å². The summed E-state index contributed by atoms with van der Waals surface area (Å²) < 4.78 is 6.52. The van der Waals surface area contributed by atoms with E-state index in [1.165, 1.54) is 49.9 Å². The van der Waals surface area contributed by atoms with Crippen molar-refractivity contribution in [2.45, 2.75) is 19.3 Å². The zero-order valence-corrected chi connectivity index (χ0v) is 31.9. The Labute approximate surface area is 332 Å². The molecule has 0 saturated carbocycles. The summed E-state index contributed by atoms with van der Waals surface area (Å²) in [6, 6.07) is 72.6. The summed E-state index contributed by atoms with van der Waals surface area (Å²) >= 11 is 0. The molecule has 0 aliphatic heterocycles. The van der Waals surface area contributed by atoms with Crippen molar-refractivity contribution < 1.29 is 4.42 Å². The molecule has 0 atom stereocenters. The Kier molecular flexibility index (Phi) is 7.55. The Morgan fingerprint density at radius 1 is 0.404 bits per heavy atom. The number of furan rings is 1. The highest BCUT2D eigenvalue weighted by molar-refractivity contribution is 6.15. The van der Waals surface area contributed by atoms with Crippen LogP contribution in [0.1, 0.15) is 25.0 Å². The maximum Gasteiger partial charge on any atom is 0.143 e. The minimum atomic E-state index is -0.0961. The standard InChI is InChI=1S/C55H39NO/c1-55(2)50-21-10-8-18-46(50)47-20-12-19-44(53(47)55)39-25-31-42(32-26-39)56(41-29-23-37(24-30-41)36-13-4-3-5-14-36)51-22-11-9-16-43(51)40-28-34-52-49(35-40)48-33-27-38-15-6-7-17-45(38)54(48)57-52/h3-35H,1-2H3. The maximum atomic E-state index is 6.52. The van der Waals surface area contributed by atoms with Crippen molar-refractivity contribution >= 4 is 49.8 Å². The second kappa shape index (κ2) is 13.0. The highest BCUT2D eigenvalue weighted by Gasteiger charge is 2.37. The third-order valence-corrected chi connectivity index (χ3v) is 12.1. The van der Waals surface area contributed by atoms with Crippen LogP contribution >= 0.6 is 0 Å². The van der Waals surface area contributed by atoms with E-state index in [1.54, 1.807) is 0 Å². The van der Waals surface area contributed by atoms with E-state index in [0.29, 0.717) is 0 Å². The smallest absolute Gasteiger partial charge is 0.143 e. The Balaban J connectivity index is 1.05. The fourth-order valence-corrected chi connectivity index (χ4v) is 9.32. The summed E-state index contributed by atoms with van der Waals surface area (Å²) in [5.41, 5.74) is 17.7. The molecule has 1 aliphatic carbocycles. The Morgan fingerprint density at radius 2 is 1.02 bits per heavy atom. The van der Waals surface area contributed by atoms with E-state index < -0.39 is 0 Å². The third kappa shape index (κ3) is 5.33. The highest BCUT2D eigenvalue weighted by atomic mass is 16.3. The van der Waals surface area contributed by atoms with Crippen LogP contribution in [0.5, 0.6) is 0 Å². The van der Waals surface area contributed by atoms with Crippen LogP contribution in [0.4, 0.5) is 17.1 Å². The number of hydrogen-bond acceptors (Lipinski definition) is 2. The molecular formula is C55H39NO. The van der Waals surface area contributed by atoms with E-state index in [2.05, 4.69) is 219 Å². The van der Waals surface area contributed by atoms with Gasteiger partial charge in [0.2, 0.25) is 0 Å². The monoisotopic (exact) mass is 729 g/mol. The van der Waals surface area contributed by atoms with Gasteiger partial charge in [-0.05, 0) is 104 Å². The first-order valence-electron chi connectivity index (χ1n) is 19.8. The van der Waals surface area contributed by atoms with Crippen LogP contribution in [-0.4, -0.2) is 0 Å². The number of hydrogen-bond donors (Lipinski definition) is 0. The van der Waals surface area contributed by atoms with Gasteiger partial charge in [-0.3, -0.25) is 0 Å². The molecule has 270 valence electrons. The zero-order valence-electron chi connectivity index (χ0n) is 31.9. The average Bonchev–Trinajstić information content (AvgIpc) is 3.76. The van der Waals surface area contributed by atoms with Crippen LogP contribution in [0.3, 0.4) is 0 Å². The number of fused-ring (bicyclic) bond motifs is 8. The van der Waals surface area contributed by atoms with Crippen molar-refractivity contribution in [3.8, 4) is 44.5 Å². The van der Waals surface area contributed by atoms with E-state index in [9.17, 15) is 0 Å². The van der Waals surface area contributed by atoms with Gasteiger partial charge in [0.25, 0.3) is 0 Å². The van der Waals surface area contributed by atoms with Gasteiger partial charge in [-0.1, -0.05) is 166 Å². The normalized spacial score (nSPS) is 12.9. The number of nitrogens with zero attached hydrogens (tertiary/aromatic N) is 1. The minimum Gasteiger partial charge on any atom is -0.455 e. The topological polar surface area (TPSA) is 16.4 Å². The fourth-order valence-electron chi connectivity index (χ4n) is 9.32. The quantitative estimate of drug-likeness (QED) is 0.169. The van der Waals surface area contributed by atoms with Gasteiger partial charge in [-0.2, -0.15) is 0 Å². The van der Waals surface area contributed by atoms with Crippen LogP contribution in [0.25, 0.3) is 77.2 Å². The molecule has 9 aromatic carbocycles. The molecule has 10 aromatic rings. The Morgan fingerprint density at radius 3 is 1.82 bits per heavy atom. The van der Waals surface area contributed by atoms with Gasteiger partial charge < -0.3 is 9.32 Å². The second-order valence-electron chi connectivity index (χ2n) is 15.7. The lowest BCUT2D eigenvalue weighted by atomic mass is 9.79. The van der Waals surface area contributed by atoms with E-state index in [-0.39, 0.29) is 5.41 Å². The number of rotatable bonds is 6. The predicted octanol–water partition coefficient (Wildman–Crippen LogP) is 15.5. The summed E-state index contributed by atoms with van der Waals surface area (Å²) in [4.78, 5) is 2.40. The van der Waals surface area contributed by atoms with Crippen LogP contribution in [0, 0.1) is 0 Å². The lowest BCUT2D eigenvalue weighted by molar-refractivity contribution is 0.662. The highest BCUT2D eigenvalue weighted by Crippen LogP contribution is 2.52. The lowest BCUT2D eigenvalue weighted by Gasteiger charge is -2.28. The summed E-state index contributed by atoms with van der Waals surface area (Å²) in [6.45, 7) is 4.72. The predicted molar refractivity (Wildman–Crippen MR) is 240 cm³/mol. The fraction of sp³-hybridized carbons (Fsp3) is 0.0545. The van der Waals surface area contributed by atoms with Crippen molar-refractivity contribution in [3.05, 3.63) is 211 Å². The van der Waals surface area contributed by atoms with E-state index >= 15 is 0 Å². The second-order valence-corrected chi connectivity index (χ2v) is 15.7. The first kappa shape index (κ1) is 33.2. The van der Waals surface area contributed by atoms with Gasteiger partial charge >= 0.3 is 0 Å². The van der Waals surface area contributed by atoms with Crippen molar-refractivity contribution in [3.63, 3.8) is 0 Å². The molecule has 0 N–H and O–H groups in total. The van der Waals surface area contributed by atoms with Crippen LogP contribution in [0.15, 0.2) is 205 Å². The van der Waals surface area contributed by atoms with Gasteiger partial charge in [-0.15, -0.1) is 0 Å². The van der Waals surface area contributed by atoms with Gasteiger partial charge in [0.15, 0.2) is 0 Å². The van der Waals surface area contributed by atoms with Crippen molar-refractivity contribution in [1.29, 1.82) is 0 Å². The average molecular weight is 730 g/mol. The summed E-state index contributed by atoms with van der Waals surface area (Å²) in [6.07, 6.45) is 0. The first-order valence-corrected chi connectivity index (χ1v) is 19.8. The zero-order chi connectivity index (χ0) is 38.1.